The normalized spacial score (nSPS) is 15.6. The molecular weight excluding hydrogens is 276 g/mol. The number of ether oxygens (including phenoxy) is 2. The van der Waals surface area contributed by atoms with E-state index in [1.807, 2.05) is 0 Å². The van der Waals surface area contributed by atoms with Gasteiger partial charge in [-0.15, -0.1) is 0 Å². The van der Waals surface area contributed by atoms with Crippen molar-refractivity contribution < 1.29 is 14.0 Å². The monoisotopic (exact) mass is 295 g/mol. The van der Waals surface area contributed by atoms with Crippen molar-refractivity contribution >= 4 is 10.9 Å². The number of aromatic nitrogens is 2. The quantitative estimate of drug-likeness (QED) is 0.752. The zero-order valence-electron chi connectivity index (χ0n) is 12.4. The summed E-state index contributed by atoms with van der Waals surface area (Å²) in [4.78, 5) is 3.33. The van der Waals surface area contributed by atoms with E-state index in [0.29, 0.717) is 13.2 Å². The number of pyridine rings is 1. The lowest BCUT2D eigenvalue weighted by Gasteiger charge is -2.07. The van der Waals surface area contributed by atoms with Crippen molar-refractivity contribution in [1.82, 2.24) is 4.98 Å². The Balaban J connectivity index is 1.50. The lowest BCUT2D eigenvalue weighted by Crippen LogP contribution is -2.34. The van der Waals surface area contributed by atoms with Crippen LogP contribution in [0.5, 0.6) is 0 Å². The molecular formula is C18H19N2O2+. The van der Waals surface area contributed by atoms with E-state index >= 15 is 0 Å². The third kappa shape index (κ3) is 2.63. The first-order valence-corrected chi connectivity index (χ1v) is 7.67. The van der Waals surface area contributed by atoms with Crippen LogP contribution in [0.3, 0.4) is 0 Å². The summed E-state index contributed by atoms with van der Waals surface area (Å²) in [5.74, 6) is 0. The average Bonchev–Trinajstić information content (AvgIpc) is 3.23. The van der Waals surface area contributed by atoms with Crippen LogP contribution in [0.2, 0.25) is 0 Å². The van der Waals surface area contributed by atoms with E-state index in [2.05, 4.69) is 64.5 Å². The summed E-state index contributed by atoms with van der Waals surface area (Å²) in [7, 11) is 0. The maximum atomic E-state index is 5.56. The number of hydrogen-bond donors (Lipinski definition) is 1. The van der Waals surface area contributed by atoms with Gasteiger partial charge in [-0.25, -0.2) is 4.57 Å². The molecule has 1 N–H and O–H groups in total. The molecule has 1 aliphatic heterocycles. The standard InChI is InChI=1S/C18H19N2O2/c1-2-6-17-16(5-1)14(12-19-17)7-9-20-8-3-4-15(13-20)18-21-10-11-22-18/h1-6,8,12-13,18-19H,7,9-11H2/q+1. The van der Waals surface area contributed by atoms with Crippen LogP contribution in [0.4, 0.5) is 0 Å². The maximum absolute atomic E-state index is 5.56. The van der Waals surface area contributed by atoms with Gasteiger partial charge in [0.1, 0.15) is 0 Å². The van der Waals surface area contributed by atoms with Gasteiger partial charge in [0.25, 0.3) is 0 Å². The van der Waals surface area contributed by atoms with E-state index in [0.717, 1.165) is 18.5 Å². The Kier molecular flexibility index (Phi) is 3.62. The zero-order chi connectivity index (χ0) is 14.8. The van der Waals surface area contributed by atoms with Crippen molar-refractivity contribution in [2.75, 3.05) is 13.2 Å². The van der Waals surface area contributed by atoms with Crippen molar-refractivity contribution in [2.24, 2.45) is 0 Å². The summed E-state index contributed by atoms with van der Waals surface area (Å²) in [5.41, 5.74) is 3.63. The molecule has 4 rings (SSSR count). The molecule has 3 heterocycles. The van der Waals surface area contributed by atoms with Crippen LogP contribution in [-0.2, 0) is 22.4 Å². The molecule has 0 unspecified atom stereocenters. The molecule has 112 valence electrons. The number of para-hydroxylation sites is 1. The molecule has 22 heavy (non-hydrogen) atoms. The first-order valence-electron chi connectivity index (χ1n) is 7.67. The van der Waals surface area contributed by atoms with Crippen molar-refractivity contribution in [2.45, 2.75) is 19.3 Å². The number of H-pyrrole nitrogens is 1. The minimum absolute atomic E-state index is 0.208. The molecule has 0 bridgehead atoms. The highest BCUT2D eigenvalue weighted by Gasteiger charge is 2.20. The Morgan fingerprint density at radius 2 is 1.95 bits per heavy atom. The molecule has 1 saturated heterocycles. The second-order valence-corrected chi connectivity index (χ2v) is 5.56. The molecule has 1 fully saturated rings. The van der Waals surface area contributed by atoms with Crippen LogP contribution in [0.1, 0.15) is 17.4 Å². The summed E-state index contributed by atoms with van der Waals surface area (Å²) in [5, 5.41) is 1.31. The largest absolute Gasteiger partial charge is 0.361 e. The highest BCUT2D eigenvalue weighted by Crippen LogP contribution is 2.21. The molecule has 0 radical (unpaired) electrons. The number of nitrogens with zero attached hydrogens (tertiary/aromatic N) is 1. The SMILES string of the molecule is c1ccc2c(CC[n+]3cccc(C4OCCO4)c3)c[nH]c2c1. The zero-order valence-corrected chi connectivity index (χ0v) is 12.4. The van der Waals surface area contributed by atoms with E-state index in [1.54, 1.807) is 0 Å². The van der Waals surface area contributed by atoms with E-state index in [1.165, 1.54) is 16.5 Å². The Hall–Kier alpha value is -2.17. The molecule has 4 heteroatoms. The van der Waals surface area contributed by atoms with E-state index in [-0.39, 0.29) is 6.29 Å². The first kappa shape index (κ1) is 13.5. The predicted octanol–water partition coefficient (Wildman–Crippen LogP) is 2.74. The minimum Gasteiger partial charge on any atom is -0.361 e. The van der Waals surface area contributed by atoms with Crippen LogP contribution in [0, 0.1) is 0 Å². The van der Waals surface area contributed by atoms with Crippen LogP contribution in [-0.4, -0.2) is 18.2 Å². The van der Waals surface area contributed by atoms with E-state index in [4.69, 9.17) is 9.47 Å². The van der Waals surface area contributed by atoms with Gasteiger partial charge in [0.15, 0.2) is 25.2 Å². The van der Waals surface area contributed by atoms with Gasteiger partial charge in [-0.05, 0) is 17.7 Å². The molecule has 0 spiro atoms. The molecule has 3 aromatic rings. The van der Waals surface area contributed by atoms with Crippen LogP contribution in [0.15, 0.2) is 55.0 Å². The van der Waals surface area contributed by atoms with Crippen molar-refractivity contribution in [3.63, 3.8) is 0 Å². The first-order chi connectivity index (χ1) is 10.9. The van der Waals surface area contributed by atoms with Gasteiger partial charge in [-0.1, -0.05) is 18.2 Å². The summed E-state index contributed by atoms with van der Waals surface area (Å²) in [6.07, 6.45) is 7.10. The van der Waals surface area contributed by atoms with Crippen molar-refractivity contribution in [3.05, 3.63) is 66.1 Å². The van der Waals surface area contributed by atoms with Gasteiger partial charge >= 0.3 is 0 Å². The van der Waals surface area contributed by atoms with Crippen LogP contribution < -0.4 is 4.57 Å². The number of hydrogen-bond acceptors (Lipinski definition) is 2. The van der Waals surface area contributed by atoms with Gasteiger partial charge in [0, 0.05) is 29.6 Å². The number of aromatic amines is 1. The van der Waals surface area contributed by atoms with E-state index in [9.17, 15) is 0 Å². The van der Waals surface area contributed by atoms with Gasteiger partial charge < -0.3 is 14.5 Å². The Labute approximate surface area is 129 Å². The molecule has 0 aliphatic carbocycles. The number of aryl methyl sites for hydroxylation is 2. The molecule has 0 saturated carbocycles. The summed E-state index contributed by atoms with van der Waals surface area (Å²) < 4.78 is 13.3. The number of rotatable bonds is 4. The predicted molar refractivity (Wildman–Crippen MR) is 83.3 cm³/mol. The highest BCUT2D eigenvalue weighted by molar-refractivity contribution is 5.82. The fourth-order valence-corrected chi connectivity index (χ4v) is 2.96. The summed E-state index contributed by atoms with van der Waals surface area (Å²) >= 11 is 0. The fraction of sp³-hybridized carbons (Fsp3) is 0.278. The maximum Gasteiger partial charge on any atom is 0.189 e. The third-order valence-electron chi connectivity index (χ3n) is 4.09. The van der Waals surface area contributed by atoms with Gasteiger partial charge in [-0.2, -0.15) is 0 Å². The van der Waals surface area contributed by atoms with Crippen LogP contribution in [0.25, 0.3) is 10.9 Å². The van der Waals surface area contributed by atoms with Gasteiger partial charge in [-0.3, -0.25) is 0 Å². The fourth-order valence-electron chi connectivity index (χ4n) is 2.96. The van der Waals surface area contributed by atoms with Crippen LogP contribution >= 0.6 is 0 Å². The Morgan fingerprint density at radius 3 is 2.86 bits per heavy atom. The number of fused-ring (bicyclic) bond motifs is 1. The van der Waals surface area contributed by atoms with Crippen molar-refractivity contribution in [3.8, 4) is 0 Å². The molecule has 1 aliphatic rings. The second kappa shape index (κ2) is 5.91. The second-order valence-electron chi connectivity index (χ2n) is 5.56. The molecule has 4 nitrogen and oxygen atoms in total. The van der Waals surface area contributed by atoms with Crippen molar-refractivity contribution in [1.29, 1.82) is 0 Å². The molecule has 1 aromatic carbocycles. The van der Waals surface area contributed by atoms with Gasteiger partial charge in [0.05, 0.1) is 18.8 Å². The Morgan fingerprint density at radius 1 is 1.09 bits per heavy atom. The summed E-state index contributed by atoms with van der Waals surface area (Å²) in [6.45, 7) is 2.28. The third-order valence-corrected chi connectivity index (χ3v) is 4.09. The Bertz CT molecular complexity index is 775. The molecule has 0 amide bonds. The van der Waals surface area contributed by atoms with Gasteiger partial charge in [0.2, 0.25) is 0 Å². The average molecular weight is 295 g/mol. The lowest BCUT2D eigenvalue weighted by atomic mass is 10.1. The van der Waals surface area contributed by atoms with E-state index < -0.39 is 0 Å². The number of nitrogens with one attached hydrogen (secondary N) is 1. The molecule has 2 aromatic heterocycles. The smallest absolute Gasteiger partial charge is 0.189 e. The highest BCUT2D eigenvalue weighted by atomic mass is 16.7. The minimum atomic E-state index is -0.208. The molecule has 0 atom stereocenters. The number of benzene rings is 1. The topological polar surface area (TPSA) is 38.1 Å². The summed E-state index contributed by atoms with van der Waals surface area (Å²) in [6, 6.07) is 12.5. The lowest BCUT2D eigenvalue weighted by molar-refractivity contribution is -0.697.